The first-order valence-electron chi connectivity index (χ1n) is 5.68. The number of carbonyl (C=O) groups excluding carboxylic acids is 1. The summed E-state index contributed by atoms with van der Waals surface area (Å²) in [5.41, 5.74) is 0.590. The highest BCUT2D eigenvalue weighted by Gasteiger charge is 2.15. The minimum Gasteiger partial charge on any atom is -0.383 e. The van der Waals surface area contributed by atoms with Crippen molar-refractivity contribution in [2.75, 3.05) is 20.8 Å². The van der Waals surface area contributed by atoms with Crippen LogP contribution in [0.5, 0.6) is 0 Å². The second-order valence-electron chi connectivity index (χ2n) is 4.04. The van der Waals surface area contributed by atoms with Gasteiger partial charge in [-0.3, -0.25) is 10.1 Å². The summed E-state index contributed by atoms with van der Waals surface area (Å²) in [7, 11) is 3.47. The number of benzene rings is 1. The first-order chi connectivity index (χ1) is 8.56. The maximum absolute atomic E-state index is 11.9. The predicted molar refractivity (Wildman–Crippen MR) is 75.6 cm³/mol. The third-order valence-corrected chi connectivity index (χ3v) is 3.04. The van der Waals surface area contributed by atoms with Gasteiger partial charge in [0.25, 0.3) is 5.91 Å². The standard InChI is InChI=1S/C13H18N2O2S/c1-10(9-17-3)15(2)13(18)14-12(16)11-7-5-4-6-8-11/h4-8,10H,9H2,1-3H3,(H,14,16,18)/t10-/m1/s1. The summed E-state index contributed by atoms with van der Waals surface area (Å²) in [6.07, 6.45) is 0. The van der Waals surface area contributed by atoms with Crippen molar-refractivity contribution in [3.05, 3.63) is 35.9 Å². The summed E-state index contributed by atoms with van der Waals surface area (Å²) in [5, 5.41) is 3.09. The van der Waals surface area contributed by atoms with Gasteiger partial charge in [0, 0.05) is 19.7 Å². The van der Waals surface area contributed by atoms with Crippen molar-refractivity contribution in [3.63, 3.8) is 0 Å². The van der Waals surface area contributed by atoms with Crippen molar-refractivity contribution in [3.8, 4) is 0 Å². The Labute approximate surface area is 113 Å². The molecule has 0 aromatic heterocycles. The van der Waals surface area contributed by atoms with Crippen LogP contribution in [0.25, 0.3) is 0 Å². The fourth-order valence-corrected chi connectivity index (χ4v) is 1.67. The molecule has 1 N–H and O–H groups in total. The number of thiocarbonyl (C=S) groups is 1. The van der Waals surface area contributed by atoms with Gasteiger partial charge in [0.15, 0.2) is 5.11 Å². The van der Waals surface area contributed by atoms with Crippen LogP contribution in [-0.4, -0.2) is 42.7 Å². The second-order valence-corrected chi connectivity index (χ2v) is 4.43. The van der Waals surface area contributed by atoms with Crippen molar-refractivity contribution in [2.24, 2.45) is 0 Å². The van der Waals surface area contributed by atoms with Gasteiger partial charge in [-0.05, 0) is 31.3 Å². The molecule has 0 saturated carbocycles. The van der Waals surface area contributed by atoms with Crippen LogP contribution in [0.15, 0.2) is 30.3 Å². The molecule has 0 unspecified atom stereocenters. The minimum absolute atomic E-state index is 0.110. The molecule has 5 heteroatoms. The Morgan fingerprint density at radius 1 is 1.44 bits per heavy atom. The molecule has 18 heavy (non-hydrogen) atoms. The molecule has 1 aromatic carbocycles. The third kappa shape index (κ3) is 4.09. The summed E-state index contributed by atoms with van der Waals surface area (Å²) in [4.78, 5) is 13.7. The summed E-state index contributed by atoms with van der Waals surface area (Å²) in [6.45, 7) is 2.53. The topological polar surface area (TPSA) is 41.6 Å². The van der Waals surface area contributed by atoms with E-state index in [1.165, 1.54) is 0 Å². The zero-order chi connectivity index (χ0) is 13.5. The van der Waals surface area contributed by atoms with Crippen molar-refractivity contribution in [1.29, 1.82) is 0 Å². The number of hydrogen-bond donors (Lipinski definition) is 1. The lowest BCUT2D eigenvalue weighted by Crippen LogP contribution is -2.46. The van der Waals surface area contributed by atoms with Crippen molar-refractivity contribution in [2.45, 2.75) is 13.0 Å². The van der Waals surface area contributed by atoms with Crippen LogP contribution in [0.2, 0.25) is 0 Å². The van der Waals surface area contributed by atoms with E-state index in [4.69, 9.17) is 17.0 Å². The van der Waals surface area contributed by atoms with Crippen LogP contribution < -0.4 is 5.32 Å². The Balaban J connectivity index is 2.57. The maximum atomic E-state index is 11.9. The quantitative estimate of drug-likeness (QED) is 0.842. The van der Waals surface area contributed by atoms with E-state index in [1.54, 1.807) is 24.1 Å². The van der Waals surface area contributed by atoms with Gasteiger partial charge in [0.1, 0.15) is 0 Å². The molecule has 1 aromatic rings. The molecular formula is C13H18N2O2S. The molecule has 4 nitrogen and oxygen atoms in total. The van der Waals surface area contributed by atoms with Crippen molar-refractivity contribution in [1.82, 2.24) is 10.2 Å². The van der Waals surface area contributed by atoms with E-state index in [9.17, 15) is 4.79 Å². The number of likely N-dealkylation sites (N-methyl/N-ethyl adjacent to an activating group) is 1. The van der Waals surface area contributed by atoms with E-state index in [0.717, 1.165) is 0 Å². The molecule has 1 atom stereocenters. The number of nitrogens with one attached hydrogen (secondary N) is 1. The van der Waals surface area contributed by atoms with Gasteiger partial charge in [-0.1, -0.05) is 18.2 Å². The lowest BCUT2D eigenvalue weighted by Gasteiger charge is -2.26. The third-order valence-electron chi connectivity index (χ3n) is 2.65. The fourth-order valence-electron chi connectivity index (χ4n) is 1.40. The van der Waals surface area contributed by atoms with Crippen molar-refractivity contribution < 1.29 is 9.53 Å². The Morgan fingerprint density at radius 2 is 2.06 bits per heavy atom. The highest BCUT2D eigenvalue weighted by atomic mass is 32.1. The Bertz CT molecular complexity index is 409. The van der Waals surface area contributed by atoms with Gasteiger partial charge in [0.05, 0.1) is 12.6 Å². The number of nitrogens with zero attached hydrogens (tertiary/aromatic N) is 1. The number of carbonyl (C=O) groups is 1. The van der Waals surface area contributed by atoms with E-state index < -0.39 is 0 Å². The van der Waals surface area contributed by atoms with E-state index in [1.807, 2.05) is 32.2 Å². The Hall–Kier alpha value is -1.46. The zero-order valence-corrected chi connectivity index (χ0v) is 11.7. The average Bonchev–Trinajstić information content (AvgIpc) is 2.39. The lowest BCUT2D eigenvalue weighted by molar-refractivity contribution is 0.0968. The molecule has 0 radical (unpaired) electrons. The average molecular weight is 266 g/mol. The molecule has 1 amide bonds. The first-order valence-corrected chi connectivity index (χ1v) is 6.09. The summed E-state index contributed by atoms with van der Waals surface area (Å²) >= 11 is 5.18. The monoisotopic (exact) mass is 266 g/mol. The molecule has 0 aliphatic rings. The highest BCUT2D eigenvalue weighted by molar-refractivity contribution is 7.80. The molecule has 98 valence electrons. The Kier molecular flexibility index (Phi) is 5.74. The SMILES string of the molecule is COC[C@@H](C)N(C)C(=S)NC(=O)c1ccccc1. The summed E-state index contributed by atoms with van der Waals surface area (Å²) in [5.74, 6) is -0.197. The van der Waals surface area contributed by atoms with Crippen LogP contribution in [-0.2, 0) is 4.74 Å². The maximum Gasteiger partial charge on any atom is 0.257 e. The number of ether oxygens (including phenoxy) is 1. The van der Waals surface area contributed by atoms with Crippen LogP contribution in [0, 0.1) is 0 Å². The van der Waals surface area contributed by atoms with E-state index in [0.29, 0.717) is 17.3 Å². The first kappa shape index (κ1) is 14.6. The number of rotatable bonds is 4. The molecule has 0 heterocycles. The van der Waals surface area contributed by atoms with Crippen LogP contribution in [0.1, 0.15) is 17.3 Å². The summed E-state index contributed by atoms with van der Waals surface area (Å²) in [6, 6.07) is 9.10. The normalized spacial score (nSPS) is 11.7. The van der Waals surface area contributed by atoms with Gasteiger partial charge >= 0.3 is 0 Å². The molecule has 0 aliphatic heterocycles. The predicted octanol–water partition coefficient (Wildman–Crippen LogP) is 1.67. The van der Waals surface area contributed by atoms with E-state index >= 15 is 0 Å². The molecule has 0 saturated heterocycles. The second kappa shape index (κ2) is 7.08. The van der Waals surface area contributed by atoms with E-state index in [2.05, 4.69) is 5.32 Å². The number of methoxy groups -OCH3 is 1. The van der Waals surface area contributed by atoms with Gasteiger partial charge in [0.2, 0.25) is 0 Å². The summed E-state index contributed by atoms with van der Waals surface area (Å²) < 4.78 is 5.05. The van der Waals surface area contributed by atoms with Gasteiger partial charge in [-0.15, -0.1) is 0 Å². The molecule has 0 fully saturated rings. The Morgan fingerprint density at radius 3 is 2.61 bits per heavy atom. The van der Waals surface area contributed by atoms with Crippen LogP contribution >= 0.6 is 12.2 Å². The molecule has 0 aliphatic carbocycles. The van der Waals surface area contributed by atoms with Gasteiger partial charge in [-0.2, -0.15) is 0 Å². The van der Waals surface area contributed by atoms with E-state index in [-0.39, 0.29) is 11.9 Å². The highest BCUT2D eigenvalue weighted by Crippen LogP contribution is 2.01. The molecule has 0 spiro atoms. The number of amides is 1. The number of hydrogen-bond acceptors (Lipinski definition) is 3. The van der Waals surface area contributed by atoms with Gasteiger partial charge < -0.3 is 9.64 Å². The van der Waals surface area contributed by atoms with Gasteiger partial charge in [-0.25, -0.2) is 0 Å². The minimum atomic E-state index is -0.197. The lowest BCUT2D eigenvalue weighted by atomic mass is 10.2. The molecular weight excluding hydrogens is 248 g/mol. The van der Waals surface area contributed by atoms with Crippen LogP contribution in [0.3, 0.4) is 0 Å². The smallest absolute Gasteiger partial charge is 0.257 e. The zero-order valence-electron chi connectivity index (χ0n) is 10.8. The van der Waals surface area contributed by atoms with Crippen molar-refractivity contribution >= 4 is 23.2 Å². The fraction of sp³-hybridized carbons (Fsp3) is 0.385. The molecule has 1 rings (SSSR count). The largest absolute Gasteiger partial charge is 0.383 e. The van der Waals surface area contributed by atoms with Crippen LogP contribution in [0.4, 0.5) is 0 Å². The molecule has 0 bridgehead atoms.